The van der Waals surface area contributed by atoms with Crippen molar-refractivity contribution in [3.05, 3.63) is 92.3 Å². The van der Waals surface area contributed by atoms with Crippen LogP contribution in [0, 0.1) is 0 Å². The Hall–Kier alpha value is -4.73. The molecular weight excluding hydrogens is 406 g/mol. The molecule has 10 heteroatoms. The summed E-state index contributed by atoms with van der Waals surface area (Å²) in [5.41, 5.74) is -1.14. The SMILES string of the molecule is O=C(O)c1cc(C(=O)O)cc(-c2ccc(C=Nn3c(=O)[nH]c4ccccc4c3=O)o2)c1. The summed E-state index contributed by atoms with van der Waals surface area (Å²) < 4.78 is 6.22. The number of para-hydroxylation sites is 1. The highest BCUT2D eigenvalue weighted by Gasteiger charge is 2.14. The molecular formula is C21H13N3O7. The van der Waals surface area contributed by atoms with E-state index in [4.69, 9.17) is 4.42 Å². The molecule has 0 spiro atoms. The van der Waals surface area contributed by atoms with Crippen LogP contribution in [0.15, 0.2) is 73.7 Å². The van der Waals surface area contributed by atoms with Gasteiger partial charge in [0.1, 0.15) is 11.5 Å². The zero-order valence-corrected chi connectivity index (χ0v) is 15.6. The van der Waals surface area contributed by atoms with Crippen LogP contribution in [-0.2, 0) is 0 Å². The van der Waals surface area contributed by atoms with Crippen molar-refractivity contribution in [2.45, 2.75) is 0 Å². The van der Waals surface area contributed by atoms with Crippen LogP contribution in [0.25, 0.3) is 22.2 Å². The first-order valence-corrected chi connectivity index (χ1v) is 8.84. The third-order valence-electron chi connectivity index (χ3n) is 4.42. The topological polar surface area (TPSA) is 155 Å². The number of carboxylic acid groups (broad SMARTS) is 2. The third kappa shape index (κ3) is 3.77. The number of hydrogen-bond donors (Lipinski definition) is 3. The lowest BCUT2D eigenvalue weighted by Gasteiger charge is -2.03. The van der Waals surface area contributed by atoms with Crippen molar-refractivity contribution in [3.8, 4) is 11.3 Å². The summed E-state index contributed by atoms with van der Waals surface area (Å²) in [6.45, 7) is 0. The van der Waals surface area contributed by atoms with Crippen molar-refractivity contribution < 1.29 is 24.2 Å². The van der Waals surface area contributed by atoms with E-state index in [2.05, 4.69) is 10.1 Å². The minimum atomic E-state index is -1.28. The molecule has 0 bridgehead atoms. The molecule has 0 unspecified atom stereocenters. The molecule has 2 heterocycles. The molecule has 0 amide bonds. The van der Waals surface area contributed by atoms with Crippen LogP contribution < -0.4 is 11.2 Å². The van der Waals surface area contributed by atoms with E-state index in [0.717, 1.165) is 12.3 Å². The fourth-order valence-corrected chi connectivity index (χ4v) is 2.97. The molecule has 0 aliphatic rings. The van der Waals surface area contributed by atoms with E-state index < -0.39 is 23.2 Å². The predicted octanol–water partition coefficient (Wildman–Crippen LogP) is 2.23. The summed E-state index contributed by atoms with van der Waals surface area (Å²) in [6.07, 6.45) is 1.15. The van der Waals surface area contributed by atoms with Gasteiger partial charge in [-0.1, -0.05) is 12.1 Å². The van der Waals surface area contributed by atoms with Gasteiger partial charge in [0, 0.05) is 5.56 Å². The highest BCUT2D eigenvalue weighted by molar-refractivity contribution is 5.96. The second-order valence-electron chi connectivity index (χ2n) is 6.45. The van der Waals surface area contributed by atoms with Crippen molar-refractivity contribution in [2.75, 3.05) is 0 Å². The lowest BCUT2D eigenvalue weighted by Crippen LogP contribution is -2.32. The van der Waals surface area contributed by atoms with Gasteiger partial charge in [0.25, 0.3) is 5.56 Å². The predicted molar refractivity (Wildman–Crippen MR) is 110 cm³/mol. The van der Waals surface area contributed by atoms with Crippen LogP contribution >= 0.6 is 0 Å². The highest BCUT2D eigenvalue weighted by atomic mass is 16.4. The Labute approximate surface area is 172 Å². The zero-order chi connectivity index (χ0) is 22.1. The van der Waals surface area contributed by atoms with Gasteiger partial charge in [-0.15, -0.1) is 4.68 Å². The summed E-state index contributed by atoms with van der Waals surface area (Å²) in [5, 5.41) is 22.6. The van der Waals surface area contributed by atoms with Gasteiger partial charge < -0.3 is 19.6 Å². The van der Waals surface area contributed by atoms with E-state index in [0.29, 0.717) is 10.2 Å². The Balaban J connectivity index is 1.71. The maximum atomic E-state index is 12.5. The number of hydrogen-bond acceptors (Lipinski definition) is 6. The minimum absolute atomic E-state index is 0.159. The zero-order valence-electron chi connectivity index (χ0n) is 15.6. The fourth-order valence-electron chi connectivity index (χ4n) is 2.97. The maximum Gasteiger partial charge on any atom is 0.349 e. The standard InChI is InChI=1S/C21H13N3O7/c25-18-15-3-1-2-4-16(15)23-21(30)24(18)22-10-14-5-6-17(31-14)11-7-12(19(26)27)9-13(8-11)20(28)29/h1-10H,(H,23,30)(H,26,27)(H,28,29). The van der Waals surface area contributed by atoms with Crippen LogP contribution in [0.1, 0.15) is 26.5 Å². The number of carboxylic acids is 2. The molecule has 2 aromatic carbocycles. The molecule has 0 fully saturated rings. The number of H-pyrrole nitrogens is 1. The first-order chi connectivity index (χ1) is 14.8. The summed E-state index contributed by atoms with van der Waals surface area (Å²) >= 11 is 0. The van der Waals surface area contributed by atoms with Crippen LogP contribution in [-0.4, -0.2) is 38.0 Å². The molecule has 31 heavy (non-hydrogen) atoms. The highest BCUT2D eigenvalue weighted by Crippen LogP contribution is 2.24. The molecule has 154 valence electrons. The second-order valence-corrected chi connectivity index (χ2v) is 6.45. The Morgan fingerprint density at radius 2 is 1.65 bits per heavy atom. The van der Waals surface area contributed by atoms with Gasteiger partial charge in [0.2, 0.25) is 0 Å². The number of fused-ring (bicyclic) bond motifs is 1. The minimum Gasteiger partial charge on any atom is -0.478 e. The molecule has 4 rings (SSSR count). The molecule has 0 aliphatic carbocycles. The van der Waals surface area contributed by atoms with Crippen molar-refractivity contribution in [1.82, 2.24) is 9.66 Å². The van der Waals surface area contributed by atoms with Gasteiger partial charge >= 0.3 is 17.6 Å². The van der Waals surface area contributed by atoms with Gasteiger partial charge in [-0.25, -0.2) is 14.4 Å². The smallest absolute Gasteiger partial charge is 0.349 e. The largest absolute Gasteiger partial charge is 0.478 e. The number of benzene rings is 2. The van der Waals surface area contributed by atoms with Crippen LogP contribution in [0.3, 0.4) is 0 Å². The van der Waals surface area contributed by atoms with E-state index in [1.165, 1.54) is 24.3 Å². The summed E-state index contributed by atoms with van der Waals surface area (Å²) in [5.74, 6) is -2.22. The number of carbonyl (C=O) groups is 2. The Bertz CT molecular complexity index is 1460. The van der Waals surface area contributed by atoms with Crippen LogP contribution in [0.5, 0.6) is 0 Å². The summed E-state index contributed by atoms with van der Waals surface area (Å²) in [4.78, 5) is 49.7. The van der Waals surface area contributed by atoms with Crippen LogP contribution in [0.2, 0.25) is 0 Å². The van der Waals surface area contributed by atoms with Crippen molar-refractivity contribution in [2.24, 2.45) is 5.10 Å². The van der Waals surface area contributed by atoms with E-state index in [-0.39, 0.29) is 33.6 Å². The van der Waals surface area contributed by atoms with Crippen molar-refractivity contribution in [3.63, 3.8) is 0 Å². The average Bonchev–Trinajstić information content (AvgIpc) is 3.22. The quantitative estimate of drug-likeness (QED) is 0.419. The van der Waals surface area contributed by atoms with Gasteiger partial charge in [0.05, 0.1) is 28.2 Å². The number of nitrogens with one attached hydrogen (secondary N) is 1. The molecule has 4 aromatic rings. The Morgan fingerprint density at radius 1 is 0.968 bits per heavy atom. The van der Waals surface area contributed by atoms with Crippen molar-refractivity contribution in [1.29, 1.82) is 0 Å². The molecule has 0 aliphatic heterocycles. The number of rotatable bonds is 5. The van der Waals surface area contributed by atoms with Gasteiger partial charge in [0.15, 0.2) is 0 Å². The molecule has 0 saturated carbocycles. The molecule has 2 aromatic heterocycles. The summed E-state index contributed by atoms with van der Waals surface area (Å²) in [6, 6.07) is 13.0. The number of nitrogens with zero attached hydrogens (tertiary/aromatic N) is 2. The van der Waals surface area contributed by atoms with Gasteiger partial charge in [-0.2, -0.15) is 5.10 Å². The van der Waals surface area contributed by atoms with E-state index in [1.807, 2.05) is 0 Å². The Kier molecular flexibility index (Phi) is 4.80. The maximum absolute atomic E-state index is 12.5. The molecule has 0 saturated heterocycles. The van der Waals surface area contributed by atoms with Crippen molar-refractivity contribution >= 4 is 29.1 Å². The lowest BCUT2D eigenvalue weighted by atomic mass is 10.0. The average molecular weight is 419 g/mol. The number of aromatic amines is 1. The van der Waals surface area contributed by atoms with E-state index >= 15 is 0 Å². The normalized spacial score (nSPS) is 11.2. The van der Waals surface area contributed by atoms with E-state index in [9.17, 15) is 29.4 Å². The molecule has 0 radical (unpaired) electrons. The van der Waals surface area contributed by atoms with Crippen LogP contribution in [0.4, 0.5) is 0 Å². The third-order valence-corrected chi connectivity index (χ3v) is 4.42. The van der Waals surface area contributed by atoms with E-state index in [1.54, 1.807) is 24.3 Å². The molecule has 3 N–H and O–H groups in total. The number of aromatic nitrogens is 2. The Morgan fingerprint density at radius 3 is 2.32 bits per heavy atom. The number of furan rings is 1. The molecule has 0 atom stereocenters. The number of aromatic carboxylic acids is 2. The van der Waals surface area contributed by atoms with Gasteiger partial charge in [-0.05, 0) is 42.5 Å². The molecule has 10 nitrogen and oxygen atoms in total. The second kappa shape index (κ2) is 7.59. The first kappa shape index (κ1) is 19.6. The van der Waals surface area contributed by atoms with Gasteiger partial charge in [-0.3, -0.25) is 4.79 Å². The summed E-state index contributed by atoms with van der Waals surface area (Å²) in [7, 11) is 0. The lowest BCUT2D eigenvalue weighted by molar-refractivity contribution is 0.0696. The fraction of sp³-hybridized carbons (Fsp3) is 0. The first-order valence-electron chi connectivity index (χ1n) is 8.84. The monoisotopic (exact) mass is 419 g/mol.